The molecule has 2 aliphatic rings. The number of nitrogens with zero attached hydrogens (tertiary/aromatic N) is 3. The van der Waals surface area contributed by atoms with Crippen LogP contribution in [0.4, 0.5) is 14.6 Å². The third-order valence-corrected chi connectivity index (χ3v) is 5.79. The average Bonchev–Trinajstić information content (AvgIpc) is 3.12. The predicted octanol–water partition coefficient (Wildman–Crippen LogP) is 2.65. The Morgan fingerprint density at radius 1 is 1.41 bits per heavy atom. The summed E-state index contributed by atoms with van der Waals surface area (Å²) < 4.78 is 27.3. The van der Waals surface area contributed by atoms with Gasteiger partial charge < -0.3 is 20.5 Å². The molecule has 2 fully saturated rings. The van der Waals surface area contributed by atoms with Crippen molar-refractivity contribution in [2.75, 3.05) is 25.5 Å². The first-order chi connectivity index (χ1) is 13.9. The maximum atomic E-state index is 13.7. The largest absolute Gasteiger partial charge is 0.365 e. The van der Waals surface area contributed by atoms with Crippen LogP contribution in [-0.4, -0.2) is 63.9 Å². The van der Waals surface area contributed by atoms with Gasteiger partial charge in [0.2, 0.25) is 5.91 Å². The van der Waals surface area contributed by atoms with E-state index in [2.05, 4.69) is 25.6 Å². The van der Waals surface area contributed by atoms with Crippen LogP contribution in [0, 0.1) is 0 Å². The molecule has 7 nitrogen and oxygen atoms in total. The Hall–Kier alpha value is -2.55. The Labute approximate surface area is 168 Å². The second kappa shape index (κ2) is 7.70. The van der Waals surface area contributed by atoms with Gasteiger partial charge in [-0.15, -0.1) is 0 Å². The van der Waals surface area contributed by atoms with Crippen molar-refractivity contribution in [1.29, 1.82) is 0 Å². The number of hydrogen-bond acceptors (Lipinski definition) is 5. The van der Waals surface area contributed by atoms with Gasteiger partial charge in [0.1, 0.15) is 17.8 Å². The van der Waals surface area contributed by atoms with E-state index in [0.29, 0.717) is 35.5 Å². The highest BCUT2D eigenvalue weighted by atomic mass is 19.3. The standard InChI is InChI=1S/C20H26F2N6O/c1-12-5-6-13(10-28(12)16(29)4-3-7-23-2)27-19-17-14(15-8-20(15,21)22)9-24-18(17)25-11-26-19/h3-4,9,11-13,15,23H,5-8,10H2,1-2H3,(H2,24,25,26,27)/b4-3+/t12-,13+,15+/m0/s1. The van der Waals surface area contributed by atoms with Crippen molar-refractivity contribution in [2.45, 2.75) is 50.1 Å². The number of likely N-dealkylation sites (tertiary alicyclic amines) is 1. The van der Waals surface area contributed by atoms with Crippen molar-refractivity contribution < 1.29 is 13.6 Å². The van der Waals surface area contributed by atoms with Crippen LogP contribution in [0.2, 0.25) is 0 Å². The highest BCUT2D eigenvalue weighted by molar-refractivity contribution is 5.91. The number of fused-ring (bicyclic) bond motifs is 1. The summed E-state index contributed by atoms with van der Waals surface area (Å²) in [5.74, 6) is -2.92. The van der Waals surface area contributed by atoms with Gasteiger partial charge in [-0.3, -0.25) is 4.79 Å². The lowest BCUT2D eigenvalue weighted by Crippen LogP contribution is -2.49. The number of hydrogen-bond donors (Lipinski definition) is 3. The van der Waals surface area contributed by atoms with Crippen molar-refractivity contribution in [2.24, 2.45) is 0 Å². The van der Waals surface area contributed by atoms with Crippen LogP contribution >= 0.6 is 0 Å². The van der Waals surface area contributed by atoms with Crippen LogP contribution in [0.3, 0.4) is 0 Å². The Morgan fingerprint density at radius 2 is 2.21 bits per heavy atom. The van der Waals surface area contributed by atoms with E-state index in [-0.39, 0.29) is 24.4 Å². The molecule has 1 saturated carbocycles. The number of amides is 1. The summed E-state index contributed by atoms with van der Waals surface area (Å²) in [7, 11) is 1.83. The number of rotatable bonds is 6. The molecule has 3 heterocycles. The highest BCUT2D eigenvalue weighted by Crippen LogP contribution is 2.57. The fraction of sp³-hybridized carbons (Fsp3) is 0.550. The number of halogens is 2. The number of aromatic amines is 1. The van der Waals surface area contributed by atoms with E-state index in [4.69, 9.17) is 0 Å². The monoisotopic (exact) mass is 404 g/mol. The van der Waals surface area contributed by atoms with Gasteiger partial charge in [-0.2, -0.15) is 0 Å². The van der Waals surface area contributed by atoms with Crippen LogP contribution in [0.15, 0.2) is 24.7 Å². The van der Waals surface area contributed by atoms with Gasteiger partial charge in [0, 0.05) is 43.9 Å². The summed E-state index contributed by atoms with van der Waals surface area (Å²) in [5, 5.41) is 6.99. The van der Waals surface area contributed by atoms with Gasteiger partial charge in [-0.25, -0.2) is 18.7 Å². The zero-order valence-electron chi connectivity index (χ0n) is 16.6. The second-order valence-electron chi connectivity index (χ2n) is 7.93. The first-order valence-electron chi connectivity index (χ1n) is 9.98. The van der Waals surface area contributed by atoms with Gasteiger partial charge >= 0.3 is 0 Å². The molecule has 29 heavy (non-hydrogen) atoms. The number of nitrogens with one attached hydrogen (secondary N) is 3. The molecule has 2 aromatic heterocycles. The van der Waals surface area contributed by atoms with Crippen molar-refractivity contribution >= 4 is 22.8 Å². The van der Waals surface area contributed by atoms with Crippen LogP contribution in [-0.2, 0) is 4.79 Å². The minimum absolute atomic E-state index is 0.00610. The Kier molecular flexibility index (Phi) is 5.24. The SMILES string of the molecule is CNC/C=C/C(=O)N1C[C@H](Nc2ncnc3[nH]cc([C@H]4CC4(F)F)c23)CC[C@@H]1C. The number of anilines is 1. The Balaban J connectivity index is 1.52. The molecule has 3 N–H and O–H groups in total. The molecule has 1 saturated heterocycles. The van der Waals surface area contributed by atoms with E-state index >= 15 is 0 Å². The third-order valence-electron chi connectivity index (χ3n) is 5.79. The fourth-order valence-electron chi connectivity index (χ4n) is 4.02. The summed E-state index contributed by atoms with van der Waals surface area (Å²) in [4.78, 5) is 25.9. The molecule has 1 aliphatic carbocycles. The molecule has 9 heteroatoms. The predicted molar refractivity (Wildman–Crippen MR) is 107 cm³/mol. The van der Waals surface area contributed by atoms with Crippen LogP contribution in [0.5, 0.6) is 0 Å². The van der Waals surface area contributed by atoms with Gasteiger partial charge in [0.25, 0.3) is 5.92 Å². The van der Waals surface area contributed by atoms with E-state index in [9.17, 15) is 13.6 Å². The molecule has 1 amide bonds. The van der Waals surface area contributed by atoms with Gasteiger partial charge in [-0.05, 0) is 32.4 Å². The smallest absolute Gasteiger partial charge is 0.256 e. The molecule has 0 radical (unpaired) electrons. The van der Waals surface area contributed by atoms with E-state index in [0.717, 1.165) is 12.8 Å². The van der Waals surface area contributed by atoms with E-state index < -0.39 is 11.8 Å². The molecule has 156 valence electrons. The first-order valence-corrected chi connectivity index (χ1v) is 9.98. The maximum Gasteiger partial charge on any atom is 0.256 e. The molecule has 0 aromatic carbocycles. The molecule has 0 unspecified atom stereocenters. The lowest BCUT2D eigenvalue weighted by atomic mass is 9.99. The quantitative estimate of drug-likeness (QED) is 0.645. The summed E-state index contributed by atoms with van der Waals surface area (Å²) in [6.07, 6.45) is 8.02. The van der Waals surface area contributed by atoms with Gasteiger partial charge in [0.05, 0.1) is 11.3 Å². The van der Waals surface area contributed by atoms with Crippen molar-refractivity contribution in [1.82, 2.24) is 25.2 Å². The molecular weight excluding hydrogens is 378 g/mol. The third kappa shape index (κ3) is 3.96. The molecule has 0 spiro atoms. The Bertz CT molecular complexity index is 927. The lowest BCUT2D eigenvalue weighted by Gasteiger charge is -2.38. The number of alkyl halides is 2. The minimum atomic E-state index is -2.66. The Morgan fingerprint density at radius 3 is 2.93 bits per heavy atom. The number of H-pyrrole nitrogens is 1. The summed E-state index contributed by atoms with van der Waals surface area (Å²) >= 11 is 0. The molecular formula is C20H26F2N6O. The zero-order chi connectivity index (χ0) is 20.6. The second-order valence-corrected chi connectivity index (χ2v) is 7.93. The van der Waals surface area contributed by atoms with E-state index in [1.165, 1.54) is 6.33 Å². The highest BCUT2D eigenvalue weighted by Gasteiger charge is 2.58. The molecule has 1 aliphatic heterocycles. The number of piperidine rings is 1. The lowest BCUT2D eigenvalue weighted by molar-refractivity contribution is -0.129. The summed E-state index contributed by atoms with van der Waals surface area (Å²) in [6, 6.07) is 0.145. The van der Waals surface area contributed by atoms with E-state index in [1.54, 1.807) is 12.3 Å². The minimum Gasteiger partial charge on any atom is -0.365 e. The van der Waals surface area contributed by atoms with Crippen molar-refractivity contribution in [3.8, 4) is 0 Å². The molecule has 4 rings (SSSR count). The zero-order valence-corrected chi connectivity index (χ0v) is 16.6. The number of carbonyl (C=O) groups is 1. The van der Waals surface area contributed by atoms with Crippen LogP contribution in [0.25, 0.3) is 11.0 Å². The summed E-state index contributed by atoms with van der Waals surface area (Å²) in [5.41, 5.74) is 1.10. The van der Waals surface area contributed by atoms with Crippen molar-refractivity contribution in [3.05, 3.63) is 30.2 Å². The molecule has 3 atom stereocenters. The number of carbonyl (C=O) groups excluding carboxylic acids is 1. The summed E-state index contributed by atoms with van der Waals surface area (Å²) in [6.45, 7) is 3.22. The molecule has 0 bridgehead atoms. The first kappa shape index (κ1) is 19.8. The fourth-order valence-corrected chi connectivity index (χ4v) is 4.02. The maximum absolute atomic E-state index is 13.7. The number of aromatic nitrogens is 3. The van der Waals surface area contributed by atoms with Gasteiger partial charge in [-0.1, -0.05) is 6.08 Å². The number of likely N-dealkylation sites (N-methyl/N-ethyl adjacent to an activating group) is 1. The van der Waals surface area contributed by atoms with E-state index in [1.807, 2.05) is 24.9 Å². The van der Waals surface area contributed by atoms with Gasteiger partial charge in [0.15, 0.2) is 0 Å². The van der Waals surface area contributed by atoms with Crippen LogP contribution < -0.4 is 10.6 Å². The average molecular weight is 404 g/mol. The van der Waals surface area contributed by atoms with Crippen molar-refractivity contribution in [3.63, 3.8) is 0 Å². The molecule has 2 aromatic rings. The normalized spacial score (nSPS) is 26.2. The topological polar surface area (TPSA) is 85.9 Å². The van der Waals surface area contributed by atoms with Crippen LogP contribution in [0.1, 0.15) is 37.7 Å².